The second kappa shape index (κ2) is 9.38. The molecule has 8 nitrogen and oxygen atoms in total. The number of hydrogen-bond donors (Lipinski definition) is 2. The third kappa shape index (κ3) is 4.70. The lowest BCUT2D eigenvalue weighted by Gasteiger charge is -2.32. The van der Waals surface area contributed by atoms with E-state index in [1.165, 1.54) is 5.69 Å². The van der Waals surface area contributed by atoms with Crippen LogP contribution in [0.1, 0.15) is 19.8 Å². The molecule has 1 unspecified atom stereocenters. The number of nitrogens with zero attached hydrogens (tertiary/aromatic N) is 6. The Morgan fingerprint density at radius 2 is 2.00 bits per heavy atom. The summed E-state index contributed by atoms with van der Waals surface area (Å²) in [6, 6.07) is 14.4. The molecule has 8 heteroatoms. The molecule has 3 N–H and O–H groups in total. The minimum atomic E-state index is 0.251. The number of anilines is 3. The van der Waals surface area contributed by atoms with Crippen molar-refractivity contribution in [3.63, 3.8) is 0 Å². The molecule has 3 aromatic heterocycles. The van der Waals surface area contributed by atoms with Crippen molar-refractivity contribution in [2.24, 2.45) is 5.73 Å². The highest BCUT2D eigenvalue weighted by molar-refractivity contribution is 5.78. The predicted molar refractivity (Wildman–Crippen MR) is 131 cm³/mol. The molecule has 1 atom stereocenters. The summed E-state index contributed by atoms with van der Waals surface area (Å²) in [5, 5.41) is 8.06. The molecule has 0 saturated carbocycles. The fourth-order valence-corrected chi connectivity index (χ4v) is 4.18. The maximum absolute atomic E-state index is 6.13. The Kier molecular flexibility index (Phi) is 5.99. The third-order valence-electron chi connectivity index (χ3n) is 5.90. The monoisotopic (exact) mass is 440 g/mol. The van der Waals surface area contributed by atoms with Crippen molar-refractivity contribution in [3.05, 3.63) is 67.3 Å². The molecule has 1 aromatic carbocycles. The van der Waals surface area contributed by atoms with Crippen molar-refractivity contribution in [2.45, 2.75) is 32.4 Å². The Morgan fingerprint density at radius 1 is 1.12 bits per heavy atom. The van der Waals surface area contributed by atoms with E-state index >= 15 is 0 Å². The maximum Gasteiger partial charge on any atom is 0.227 e. The van der Waals surface area contributed by atoms with Gasteiger partial charge < -0.3 is 16.0 Å². The number of aromatic nitrogens is 5. The number of piperidine rings is 1. The first-order chi connectivity index (χ1) is 16.2. The Labute approximate surface area is 193 Å². The molecular formula is C25H28N8. The topological polar surface area (TPSA) is 97.8 Å². The van der Waals surface area contributed by atoms with Crippen molar-refractivity contribution in [1.82, 2.24) is 24.7 Å². The quantitative estimate of drug-likeness (QED) is 0.466. The molecule has 0 amide bonds. The molecule has 0 bridgehead atoms. The van der Waals surface area contributed by atoms with Gasteiger partial charge in [0.1, 0.15) is 5.69 Å². The SMILES string of the molecule is CCn1cc(-c2ccnc(Nc3ccc(N4CCCC(N)C4)cc3)n2)c(-c2cccnc2)n1. The van der Waals surface area contributed by atoms with E-state index in [9.17, 15) is 0 Å². The average molecular weight is 441 g/mol. The first-order valence-corrected chi connectivity index (χ1v) is 11.4. The molecule has 168 valence electrons. The molecule has 1 saturated heterocycles. The minimum Gasteiger partial charge on any atom is -0.370 e. The number of benzene rings is 1. The van der Waals surface area contributed by atoms with E-state index in [-0.39, 0.29) is 6.04 Å². The second-order valence-electron chi connectivity index (χ2n) is 8.27. The lowest BCUT2D eigenvalue weighted by Crippen LogP contribution is -2.42. The van der Waals surface area contributed by atoms with Crippen LogP contribution in [-0.2, 0) is 6.54 Å². The van der Waals surface area contributed by atoms with E-state index in [4.69, 9.17) is 15.8 Å². The van der Waals surface area contributed by atoms with Crippen molar-refractivity contribution >= 4 is 17.3 Å². The highest BCUT2D eigenvalue weighted by atomic mass is 15.3. The maximum atomic E-state index is 6.13. The number of nitrogens with one attached hydrogen (secondary N) is 1. The van der Waals surface area contributed by atoms with Crippen LogP contribution in [0.5, 0.6) is 0 Å². The predicted octanol–water partition coefficient (Wildman–Crippen LogP) is 4.09. The normalized spacial score (nSPS) is 16.1. The zero-order valence-electron chi connectivity index (χ0n) is 18.7. The molecule has 1 aliphatic rings. The van der Waals surface area contributed by atoms with Crippen LogP contribution in [0.3, 0.4) is 0 Å². The van der Waals surface area contributed by atoms with Gasteiger partial charge in [-0.3, -0.25) is 9.67 Å². The number of nitrogens with two attached hydrogens (primary N) is 1. The van der Waals surface area contributed by atoms with Gasteiger partial charge in [0.15, 0.2) is 0 Å². The van der Waals surface area contributed by atoms with Gasteiger partial charge in [0.25, 0.3) is 0 Å². The van der Waals surface area contributed by atoms with Crippen LogP contribution < -0.4 is 16.0 Å². The summed E-state index contributed by atoms with van der Waals surface area (Å²) in [5.41, 5.74) is 11.8. The van der Waals surface area contributed by atoms with Gasteiger partial charge in [0, 0.05) is 73.0 Å². The van der Waals surface area contributed by atoms with Crippen molar-refractivity contribution in [2.75, 3.05) is 23.3 Å². The molecule has 0 spiro atoms. The first-order valence-electron chi connectivity index (χ1n) is 11.4. The first kappa shape index (κ1) is 21.1. The van der Waals surface area contributed by atoms with Gasteiger partial charge in [0.05, 0.1) is 5.69 Å². The smallest absolute Gasteiger partial charge is 0.227 e. The Hall–Kier alpha value is -3.78. The van der Waals surface area contributed by atoms with Gasteiger partial charge in [-0.25, -0.2) is 9.97 Å². The van der Waals surface area contributed by atoms with Gasteiger partial charge in [-0.15, -0.1) is 0 Å². The molecule has 5 rings (SSSR count). The summed E-state index contributed by atoms with van der Waals surface area (Å²) in [6.07, 6.45) is 9.61. The summed E-state index contributed by atoms with van der Waals surface area (Å²) in [4.78, 5) is 15.8. The summed E-state index contributed by atoms with van der Waals surface area (Å²) in [7, 11) is 0. The summed E-state index contributed by atoms with van der Waals surface area (Å²) in [6.45, 7) is 4.80. The fourth-order valence-electron chi connectivity index (χ4n) is 4.18. The van der Waals surface area contributed by atoms with Crippen LogP contribution in [0.4, 0.5) is 17.3 Å². The van der Waals surface area contributed by atoms with Gasteiger partial charge >= 0.3 is 0 Å². The van der Waals surface area contributed by atoms with E-state index in [2.05, 4.69) is 51.4 Å². The lowest BCUT2D eigenvalue weighted by molar-refractivity contribution is 0.506. The molecule has 1 fully saturated rings. The van der Waals surface area contributed by atoms with Crippen LogP contribution >= 0.6 is 0 Å². The van der Waals surface area contributed by atoms with Gasteiger partial charge in [-0.1, -0.05) is 0 Å². The van der Waals surface area contributed by atoms with E-state index < -0.39 is 0 Å². The number of aryl methyl sites for hydroxylation is 1. The second-order valence-corrected chi connectivity index (χ2v) is 8.27. The highest BCUT2D eigenvalue weighted by Crippen LogP contribution is 2.30. The average Bonchev–Trinajstić information content (AvgIpc) is 3.30. The number of pyridine rings is 1. The van der Waals surface area contributed by atoms with E-state index in [0.717, 1.165) is 60.7 Å². The zero-order chi connectivity index (χ0) is 22.6. The van der Waals surface area contributed by atoms with Crippen molar-refractivity contribution in [1.29, 1.82) is 0 Å². The summed E-state index contributed by atoms with van der Waals surface area (Å²) in [5.74, 6) is 0.543. The van der Waals surface area contributed by atoms with Crippen LogP contribution in [0, 0.1) is 0 Å². The van der Waals surface area contributed by atoms with E-state index in [1.54, 1.807) is 12.4 Å². The summed E-state index contributed by atoms with van der Waals surface area (Å²) >= 11 is 0. The van der Waals surface area contributed by atoms with Crippen molar-refractivity contribution < 1.29 is 0 Å². The largest absolute Gasteiger partial charge is 0.370 e. The van der Waals surface area contributed by atoms with Crippen LogP contribution in [0.2, 0.25) is 0 Å². The molecular weight excluding hydrogens is 412 g/mol. The molecule has 4 aromatic rings. The Balaban J connectivity index is 1.38. The Bertz CT molecular complexity index is 1200. The third-order valence-corrected chi connectivity index (χ3v) is 5.90. The van der Waals surface area contributed by atoms with E-state index in [0.29, 0.717) is 5.95 Å². The highest BCUT2D eigenvalue weighted by Gasteiger charge is 2.17. The summed E-state index contributed by atoms with van der Waals surface area (Å²) < 4.78 is 1.91. The van der Waals surface area contributed by atoms with Gasteiger partial charge in [0.2, 0.25) is 5.95 Å². The van der Waals surface area contributed by atoms with Gasteiger partial charge in [-0.2, -0.15) is 5.10 Å². The molecule has 4 heterocycles. The lowest BCUT2D eigenvalue weighted by atomic mass is 10.1. The van der Waals surface area contributed by atoms with E-state index in [1.807, 2.05) is 35.3 Å². The molecule has 0 aliphatic carbocycles. The molecule has 33 heavy (non-hydrogen) atoms. The van der Waals surface area contributed by atoms with Crippen molar-refractivity contribution in [3.8, 4) is 22.5 Å². The number of rotatable bonds is 6. The Morgan fingerprint density at radius 3 is 2.76 bits per heavy atom. The van der Waals surface area contributed by atoms with Crippen LogP contribution in [-0.4, -0.2) is 43.9 Å². The zero-order valence-corrected chi connectivity index (χ0v) is 18.7. The fraction of sp³-hybridized carbons (Fsp3) is 0.280. The minimum absolute atomic E-state index is 0.251. The molecule has 1 aliphatic heterocycles. The van der Waals surface area contributed by atoms with Crippen LogP contribution in [0.25, 0.3) is 22.5 Å². The number of hydrogen-bond acceptors (Lipinski definition) is 7. The van der Waals surface area contributed by atoms with Crippen LogP contribution in [0.15, 0.2) is 67.3 Å². The van der Waals surface area contributed by atoms with Gasteiger partial charge in [-0.05, 0) is 62.2 Å². The standard InChI is InChI=1S/C25H28N8/c1-2-33-17-22(24(31-33)18-5-3-12-27-15-18)23-11-13-28-25(30-23)29-20-7-9-21(10-8-20)32-14-4-6-19(26)16-32/h3,5,7-13,15,17,19H,2,4,6,14,16,26H2,1H3,(H,28,29,30). The molecule has 0 radical (unpaired) electrons.